The van der Waals surface area contributed by atoms with E-state index in [9.17, 15) is 37.7 Å². The molecule has 212 valence electrons. The first-order valence-corrected chi connectivity index (χ1v) is 12.6. The molecular formula is C26H16BrClF3N3O7. The molecule has 1 aliphatic rings. The molecule has 0 aliphatic carbocycles. The lowest BCUT2D eigenvalue weighted by Gasteiger charge is -2.27. The number of hydrogen-bond donors (Lipinski definition) is 1. The number of barbiturate groups is 1. The van der Waals surface area contributed by atoms with Crippen LogP contribution in [0.5, 0.6) is 17.2 Å². The van der Waals surface area contributed by atoms with Crippen LogP contribution < -0.4 is 19.7 Å². The number of amides is 4. The number of nitrogens with one attached hydrogen (secondary N) is 1. The summed E-state index contributed by atoms with van der Waals surface area (Å²) in [5, 5.41) is 13.7. The maximum Gasteiger partial charge on any atom is 0.416 e. The van der Waals surface area contributed by atoms with Crippen LogP contribution in [0.4, 0.5) is 29.3 Å². The van der Waals surface area contributed by atoms with Crippen molar-refractivity contribution in [2.75, 3.05) is 11.5 Å². The average molecular weight is 655 g/mol. The monoisotopic (exact) mass is 653 g/mol. The molecule has 1 saturated heterocycles. The summed E-state index contributed by atoms with van der Waals surface area (Å²) in [6.07, 6.45) is -3.64. The third kappa shape index (κ3) is 6.18. The van der Waals surface area contributed by atoms with Gasteiger partial charge in [0.05, 0.1) is 32.3 Å². The van der Waals surface area contributed by atoms with Crippen LogP contribution in [0.3, 0.4) is 0 Å². The number of urea groups is 1. The topological polar surface area (TPSA) is 128 Å². The summed E-state index contributed by atoms with van der Waals surface area (Å²) in [4.78, 5) is 49.5. The second-order valence-electron chi connectivity index (χ2n) is 8.21. The van der Waals surface area contributed by atoms with Crippen LogP contribution in [0.2, 0.25) is 5.02 Å². The average Bonchev–Trinajstić information content (AvgIpc) is 2.89. The fourth-order valence-electron chi connectivity index (χ4n) is 3.74. The van der Waals surface area contributed by atoms with Gasteiger partial charge in [-0.15, -0.1) is 0 Å². The minimum Gasteiger partial charge on any atom is -0.490 e. The molecule has 0 spiro atoms. The third-order valence-corrected chi connectivity index (χ3v) is 6.44. The molecule has 0 radical (unpaired) electrons. The number of alkyl halides is 3. The van der Waals surface area contributed by atoms with E-state index in [0.29, 0.717) is 17.0 Å². The van der Waals surface area contributed by atoms with Gasteiger partial charge in [0, 0.05) is 6.07 Å². The highest BCUT2D eigenvalue weighted by Crippen LogP contribution is 2.44. The van der Waals surface area contributed by atoms with E-state index in [0.717, 1.165) is 6.07 Å². The number of carbonyl (C=O) groups is 3. The van der Waals surface area contributed by atoms with E-state index >= 15 is 0 Å². The smallest absolute Gasteiger partial charge is 0.416 e. The number of carbonyl (C=O) groups excluding carboxylic acids is 3. The maximum atomic E-state index is 13.2. The first-order valence-electron chi connectivity index (χ1n) is 11.5. The molecule has 1 N–H and O–H groups in total. The largest absolute Gasteiger partial charge is 0.490 e. The van der Waals surface area contributed by atoms with Crippen LogP contribution in [0.1, 0.15) is 18.1 Å². The molecule has 1 heterocycles. The summed E-state index contributed by atoms with van der Waals surface area (Å²) in [6, 6.07) is 9.53. The van der Waals surface area contributed by atoms with Gasteiger partial charge in [-0.3, -0.25) is 25.0 Å². The van der Waals surface area contributed by atoms with Gasteiger partial charge in [-0.25, -0.2) is 9.69 Å². The molecule has 0 aromatic heterocycles. The molecule has 0 bridgehead atoms. The molecule has 1 aliphatic heterocycles. The number of anilines is 1. The number of para-hydroxylation sites is 1. The maximum absolute atomic E-state index is 13.2. The lowest BCUT2D eigenvalue weighted by atomic mass is 10.1. The predicted octanol–water partition coefficient (Wildman–Crippen LogP) is 6.89. The van der Waals surface area contributed by atoms with Crippen molar-refractivity contribution in [1.82, 2.24) is 5.32 Å². The lowest BCUT2D eigenvalue weighted by Crippen LogP contribution is -2.54. The minimum atomic E-state index is -4.82. The number of hydrogen-bond acceptors (Lipinski definition) is 7. The Kier molecular flexibility index (Phi) is 8.35. The predicted molar refractivity (Wildman–Crippen MR) is 144 cm³/mol. The van der Waals surface area contributed by atoms with Crippen LogP contribution >= 0.6 is 27.5 Å². The van der Waals surface area contributed by atoms with E-state index in [2.05, 4.69) is 21.2 Å². The van der Waals surface area contributed by atoms with Gasteiger partial charge in [0.2, 0.25) is 5.75 Å². The molecular weight excluding hydrogens is 639 g/mol. The molecule has 0 unspecified atom stereocenters. The Labute approximate surface area is 242 Å². The Bertz CT molecular complexity index is 1630. The Hall–Kier alpha value is -4.43. The zero-order chi connectivity index (χ0) is 30.1. The fourth-order valence-corrected chi connectivity index (χ4v) is 4.50. The zero-order valence-corrected chi connectivity index (χ0v) is 23.0. The van der Waals surface area contributed by atoms with E-state index in [1.165, 1.54) is 30.3 Å². The number of rotatable bonds is 7. The van der Waals surface area contributed by atoms with Crippen LogP contribution in [-0.4, -0.2) is 29.4 Å². The number of nitro groups is 1. The Balaban J connectivity index is 1.75. The molecule has 10 nitrogen and oxygen atoms in total. The summed E-state index contributed by atoms with van der Waals surface area (Å²) in [5.74, 6) is -2.57. The molecule has 15 heteroatoms. The molecule has 3 aromatic carbocycles. The molecule has 3 aromatic rings. The van der Waals surface area contributed by atoms with Gasteiger partial charge < -0.3 is 9.47 Å². The normalized spacial score (nSPS) is 14.7. The van der Waals surface area contributed by atoms with Gasteiger partial charge >= 0.3 is 17.9 Å². The van der Waals surface area contributed by atoms with Gasteiger partial charge in [-0.2, -0.15) is 13.2 Å². The highest BCUT2D eigenvalue weighted by atomic mass is 79.9. The summed E-state index contributed by atoms with van der Waals surface area (Å²) in [5.41, 5.74) is -2.34. The lowest BCUT2D eigenvalue weighted by molar-refractivity contribution is -0.385. The van der Waals surface area contributed by atoms with Gasteiger partial charge in [0.15, 0.2) is 11.5 Å². The number of ether oxygens (including phenoxy) is 2. The van der Waals surface area contributed by atoms with Crippen molar-refractivity contribution in [3.8, 4) is 17.2 Å². The molecule has 0 saturated carbocycles. The summed E-state index contributed by atoms with van der Waals surface area (Å²) >= 11 is 9.39. The summed E-state index contributed by atoms with van der Waals surface area (Å²) in [6.45, 7) is 1.70. The van der Waals surface area contributed by atoms with Crippen molar-refractivity contribution >= 4 is 62.8 Å². The van der Waals surface area contributed by atoms with E-state index in [1.807, 2.05) is 0 Å². The molecule has 0 atom stereocenters. The van der Waals surface area contributed by atoms with Gasteiger partial charge in [-0.1, -0.05) is 23.7 Å². The van der Waals surface area contributed by atoms with Crippen molar-refractivity contribution in [2.45, 2.75) is 13.1 Å². The number of halogens is 5. The minimum absolute atomic E-state index is 0.0226. The fraction of sp³-hybridized carbons (Fsp3) is 0.115. The van der Waals surface area contributed by atoms with Crippen molar-refractivity contribution in [3.63, 3.8) is 0 Å². The summed E-state index contributed by atoms with van der Waals surface area (Å²) < 4.78 is 50.6. The van der Waals surface area contributed by atoms with Gasteiger partial charge in [0.25, 0.3) is 11.8 Å². The van der Waals surface area contributed by atoms with E-state index in [4.69, 9.17) is 21.1 Å². The number of nitro benzene ring substituents is 1. The standard InChI is InChI=1S/C26H16BrClF3N3O7/c1-2-40-21-11-13(9-15-23(35)32-25(37)33(24(15)36)18-6-4-3-5-17(18)28)10-16(27)22(21)41-20-8-7-14(26(29,30)31)12-19(20)34(38)39/h3-12H,2H2,1H3,(H,32,35,37)/b15-9+. The third-order valence-electron chi connectivity index (χ3n) is 5.53. The van der Waals surface area contributed by atoms with E-state index in [1.54, 1.807) is 19.1 Å². The highest BCUT2D eigenvalue weighted by Gasteiger charge is 2.38. The summed E-state index contributed by atoms with van der Waals surface area (Å²) in [7, 11) is 0. The highest BCUT2D eigenvalue weighted by molar-refractivity contribution is 9.10. The van der Waals surface area contributed by atoms with Gasteiger partial charge in [-0.05, 0) is 70.9 Å². The van der Waals surface area contributed by atoms with Crippen LogP contribution in [0, 0.1) is 10.1 Å². The zero-order valence-electron chi connectivity index (χ0n) is 20.6. The van der Waals surface area contributed by atoms with E-state index < -0.39 is 51.5 Å². The molecule has 41 heavy (non-hydrogen) atoms. The quantitative estimate of drug-likeness (QED) is 0.127. The van der Waals surface area contributed by atoms with Crippen molar-refractivity contribution in [2.24, 2.45) is 0 Å². The number of nitrogens with zero attached hydrogens (tertiary/aromatic N) is 2. The van der Waals surface area contributed by atoms with Crippen LogP contribution in [0.15, 0.2) is 64.6 Å². The Morgan fingerprint density at radius 1 is 1.10 bits per heavy atom. The Morgan fingerprint density at radius 2 is 1.80 bits per heavy atom. The van der Waals surface area contributed by atoms with Crippen molar-refractivity contribution < 1.29 is 42.0 Å². The number of imide groups is 2. The first kappa shape index (κ1) is 29.6. The van der Waals surface area contributed by atoms with E-state index in [-0.39, 0.29) is 38.9 Å². The first-order chi connectivity index (χ1) is 19.3. The molecule has 4 rings (SSSR count). The second-order valence-corrected chi connectivity index (χ2v) is 9.47. The molecule has 1 fully saturated rings. The Morgan fingerprint density at radius 3 is 2.44 bits per heavy atom. The molecule has 4 amide bonds. The van der Waals surface area contributed by atoms with Crippen molar-refractivity contribution in [3.05, 3.63) is 90.9 Å². The SMILES string of the molecule is CCOc1cc(/C=C2\C(=O)NC(=O)N(c3ccccc3Cl)C2=O)cc(Br)c1Oc1ccc(C(F)(F)F)cc1[N+](=O)[O-]. The second kappa shape index (κ2) is 11.6. The number of benzene rings is 3. The van der Waals surface area contributed by atoms with Gasteiger partial charge in [0.1, 0.15) is 5.57 Å². The van der Waals surface area contributed by atoms with Crippen molar-refractivity contribution in [1.29, 1.82) is 0 Å². The van der Waals surface area contributed by atoms with Crippen LogP contribution in [0.25, 0.3) is 6.08 Å². The van der Waals surface area contributed by atoms with Crippen LogP contribution in [-0.2, 0) is 15.8 Å².